The summed E-state index contributed by atoms with van der Waals surface area (Å²) in [5, 5.41) is 4.77. The molecule has 4 nitrogen and oxygen atoms in total. The number of aryl methyl sites for hydroxylation is 2. The van der Waals surface area contributed by atoms with E-state index in [1.165, 1.54) is 0 Å². The molecule has 0 aliphatic rings. The van der Waals surface area contributed by atoms with Crippen LogP contribution in [0.25, 0.3) is 6.08 Å². The van der Waals surface area contributed by atoms with Gasteiger partial charge in [-0.2, -0.15) is 5.10 Å². The molecule has 0 saturated carbocycles. The number of carbonyl (C=O) groups excluding carboxylic acids is 1. The summed E-state index contributed by atoms with van der Waals surface area (Å²) in [7, 11) is 1.79. The maximum absolute atomic E-state index is 12.1. The monoisotopic (exact) mass is 283 g/mol. The van der Waals surface area contributed by atoms with Gasteiger partial charge in [0.15, 0.2) is 0 Å². The van der Waals surface area contributed by atoms with Crippen molar-refractivity contribution in [3.05, 3.63) is 22.5 Å². The van der Waals surface area contributed by atoms with E-state index in [1.54, 1.807) is 23.9 Å². The molecule has 0 aliphatic carbocycles. The minimum absolute atomic E-state index is 0.0234. The molecule has 0 atom stereocenters. The van der Waals surface area contributed by atoms with Gasteiger partial charge in [0.05, 0.1) is 5.69 Å². The van der Waals surface area contributed by atoms with Crippen molar-refractivity contribution in [3.63, 3.8) is 0 Å². The largest absolute Gasteiger partial charge is 0.339 e. The molecule has 1 heterocycles. The molecule has 106 valence electrons. The minimum atomic E-state index is 0.0234. The lowest BCUT2D eigenvalue weighted by Crippen LogP contribution is -2.30. The van der Waals surface area contributed by atoms with Crippen LogP contribution in [0.15, 0.2) is 6.08 Å². The van der Waals surface area contributed by atoms with E-state index in [0.717, 1.165) is 37.2 Å². The van der Waals surface area contributed by atoms with Crippen LogP contribution < -0.4 is 0 Å². The second-order valence-electron chi connectivity index (χ2n) is 4.52. The molecule has 0 bridgehead atoms. The van der Waals surface area contributed by atoms with Crippen molar-refractivity contribution in [3.8, 4) is 0 Å². The van der Waals surface area contributed by atoms with Crippen molar-refractivity contribution in [1.29, 1.82) is 0 Å². The van der Waals surface area contributed by atoms with Crippen LogP contribution in [0.4, 0.5) is 0 Å². The summed E-state index contributed by atoms with van der Waals surface area (Å²) in [6, 6.07) is 0. The van der Waals surface area contributed by atoms with E-state index >= 15 is 0 Å². The van der Waals surface area contributed by atoms with Crippen molar-refractivity contribution in [2.45, 2.75) is 33.6 Å². The second kappa shape index (κ2) is 7.34. The van der Waals surface area contributed by atoms with Gasteiger partial charge in [0, 0.05) is 31.8 Å². The maximum atomic E-state index is 12.1. The number of hydrogen-bond acceptors (Lipinski definition) is 2. The summed E-state index contributed by atoms with van der Waals surface area (Å²) in [5.41, 5.74) is 1.64. The highest BCUT2D eigenvalue weighted by Gasteiger charge is 2.10. The third-order valence-electron chi connectivity index (χ3n) is 3.06. The van der Waals surface area contributed by atoms with Crippen LogP contribution in [0.5, 0.6) is 0 Å². The molecule has 0 saturated heterocycles. The Morgan fingerprint density at radius 2 is 2.16 bits per heavy atom. The summed E-state index contributed by atoms with van der Waals surface area (Å²) in [5.74, 6) is 0.0234. The van der Waals surface area contributed by atoms with Crippen LogP contribution >= 0.6 is 11.6 Å². The highest BCUT2D eigenvalue weighted by Crippen LogP contribution is 2.20. The molecule has 1 rings (SSSR count). The van der Waals surface area contributed by atoms with Gasteiger partial charge in [-0.1, -0.05) is 24.9 Å². The Kier molecular flexibility index (Phi) is 6.09. The van der Waals surface area contributed by atoms with Gasteiger partial charge in [-0.15, -0.1) is 0 Å². The van der Waals surface area contributed by atoms with Crippen LogP contribution in [0.1, 0.15) is 37.9 Å². The highest BCUT2D eigenvalue weighted by atomic mass is 35.5. The fourth-order valence-electron chi connectivity index (χ4n) is 1.87. The van der Waals surface area contributed by atoms with E-state index in [0.29, 0.717) is 5.15 Å². The van der Waals surface area contributed by atoms with Gasteiger partial charge in [0.2, 0.25) is 5.91 Å². The highest BCUT2D eigenvalue weighted by molar-refractivity contribution is 6.31. The molecule has 19 heavy (non-hydrogen) atoms. The van der Waals surface area contributed by atoms with Gasteiger partial charge >= 0.3 is 0 Å². The quantitative estimate of drug-likeness (QED) is 0.753. The van der Waals surface area contributed by atoms with Crippen LogP contribution in [-0.2, 0) is 11.8 Å². The fourth-order valence-corrected chi connectivity index (χ4v) is 2.11. The Morgan fingerprint density at radius 1 is 1.47 bits per heavy atom. The number of amides is 1. The number of carbonyl (C=O) groups is 1. The summed E-state index contributed by atoms with van der Waals surface area (Å²) >= 11 is 6.12. The van der Waals surface area contributed by atoms with Crippen LogP contribution in [0.2, 0.25) is 5.15 Å². The molecule has 1 aromatic rings. The normalized spacial score (nSPS) is 11.2. The predicted octanol–water partition coefficient (Wildman–Crippen LogP) is 3.04. The zero-order chi connectivity index (χ0) is 14.4. The Hall–Kier alpha value is -1.29. The number of aromatic nitrogens is 2. The number of nitrogens with zero attached hydrogens (tertiary/aromatic N) is 3. The first-order valence-electron chi connectivity index (χ1n) is 6.67. The standard InChI is InChI=1S/C14H22ClN3O/c1-5-7-10-18(6-2)13(19)9-8-12-11(3)16-17(4)14(12)15/h8-9H,5-7,10H2,1-4H3/b9-8+. The molecule has 0 unspecified atom stereocenters. The third kappa shape index (κ3) is 4.10. The summed E-state index contributed by atoms with van der Waals surface area (Å²) in [4.78, 5) is 13.9. The Labute approximate surface area is 120 Å². The average Bonchev–Trinajstić information content (AvgIpc) is 2.62. The predicted molar refractivity (Wildman–Crippen MR) is 79.2 cm³/mol. The fraction of sp³-hybridized carbons (Fsp3) is 0.571. The van der Waals surface area contributed by atoms with Crippen molar-refractivity contribution in [2.24, 2.45) is 7.05 Å². The molecule has 5 heteroatoms. The van der Waals surface area contributed by atoms with Crippen LogP contribution in [0.3, 0.4) is 0 Å². The zero-order valence-corrected chi connectivity index (χ0v) is 12.9. The lowest BCUT2D eigenvalue weighted by molar-refractivity contribution is -0.125. The zero-order valence-electron chi connectivity index (χ0n) is 12.1. The molecule has 1 amide bonds. The topological polar surface area (TPSA) is 38.1 Å². The van der Waals surface area contributed by atoms with Crippen molar-refractivity contribution < 1.29 is 4.79 Å². The van der Waals surface area contributed by atoms with Crippen molar-refractivity contribution >= 4 is 23.6 Å². The lowest BCUT2D eigenvalue weighted by atomic mass is 10.2. The lowest BCUT2D eigenvalue weighted by Gasteiger charge is -2.18. The Bertz CT molecular complexity index is 466. The molecule has 0 aromatic carbocycles. The minimum Gasteiger partial charge on any atom is -0.339 e. The Balaban J connectivity index is 2.77. The van der Waals surface area contributed by atoms with Gasteiger partial charge < -0.3 is 4.90 Å². The van der Waals surface area contributed by atoms with E-state index < -0.39 is 0 Å². The number of unbranched alkanes of at least 4 members (excludes halogenated alkanes) is 1. The first kappa shape index (κ1) is 15.8. The van der Waals surface area contributed by atoms with E-state index in [-0.39, 0.29) is 5.91 Å². The van der Waals surface area contributed by atoms with Gasteiger partial charge in [0.1, 0.15) is 5.15 Å². The molecule has 1 aromatic heterocycles. The SMILES string of the molecule is CCCCN(CC)C(=O)/C=C/c1c(C)nn(C)c1Cl. The third-order valence-corrected chi connectivity index (χ3v) is 3.51. The van der Waals surface area contributed by atoms with Crippen molar-refractivity contribution in [2.75, 3.05) is 13.1 Å². The van der Waals surface area contributed by atoms with E-state index in [1.807, 2.05) is 18.7 Å². The number of rotatable bonds is 6. The molecule has 0 radical (unpaired) electrons. The van der Waals surface area contributed by atoms with Gasteiger partial charge in [-0.3, -0.25) is 9.48 Å². The average molecular weight is 284 g/mol. The molecule has 0 spiro atoms. The molecular weight excluding hydrogens is 262 g/mol. The summed E-state index contributed by atoms with van der Waals surface area (Å²) in [6.07, 6.45) is 5.44. The van der Waals surface area contributed by atoms with Crippen LogP contribution in [0, 0.1) is 6.92 Å². The molecule has 0 N–H and O–H groups in total. The Morgan fingerprint density at radius 3 is 2.63 bits per heavy atom. The van der Waals surface area contributed by atoms with E-state index in [2.05, 4.69) is 12.0 Å². The first-order valence-corrected chi connectivity index (χ1v) is 7.05. The molecule has 0 aliphatic heterocycles. The van der Waals surface area contributed by atoms with Crippen molar-refractivity contribution in [1.82, 2.24) is 14.7 Å². The van der Waals surface area contributed by atoms with E-state index in [4.69, 9.17) is 11.6 Å². The van der Waals surface area contributed by atoms with Gasteiger partial charge in [0.25, 0.3) is 0 Å². The maximum Gasteiger partial charge on any atom is 0.246 e. The number of likely N-dealkylation sites (N-methyl/N-ethyl adjacent to an activating group) is 1. The molecule has 0 fully saturated rings. The first-order chi connectivity index (χ1) is 9.01. The molecular formula is C14H22ClN3O. The number of hydrogen-bond donors (Lipinski definition) is 0. The van der Waals surface area contributed by atoms with Gasteiger partial charge in [-0.25, -0.2) is 0 Å². The second-order valence-corrected chi connectivity index (χ2v) is 4.88. The summed E-state index contributed by atoms with van der Waals surface area (Å²) in [6.45, 7) is 7.51. The summed E-state index contributed by atoms with van der Waals surface area (Å²) < 4.78 is 1.61. The van der Waals surface area contributed by atoms with Crippen LogP contribution in [-0.4, -0.2) is 33.7 Å². The van der Waals surface area contributed by atoms with Gasteiger partial charge in [-0.05, 0) is 26.3 Å². The number of halogens is 1. The van der Waals surface area contributed by atoms with E-state index in [9.17, 15) is 4.79 Å². The smallest absolute Gasteiger partial charge is 0.246 e.